The average Bonchev–Trinajstić information content (AvgIpc) is 3.19. The molecule has 3 amide bonds. The number of amides is 3. The number of ether oxygens (including phenoxy) is 1. The fourth-order valence-corrected chi connectivity index (χ4v) is 4.52. The van der Waals surface area contributed by atoms with Crippen LogP contribution in [-0.2, 0) is 39.1 Å². The van der Waals surface area contributed by atoms with Gasteiger partial charge in [-0.15, -0.1) is 34.5 Å². The van der Waals surface area contributed by atoms with Gasteiger partial charge in [0.15, 0.2) is 21.1 Å². The Balaban J connectivity index is 0.00000578. The Hall–Kier alpha value is -1.53. The van der Waals surface area contributed by atoms with Crippen LogP contribution in [0.1, 0.15) is 12.6 Å². The Morgan fingerprint density at radius 2 is 2.00 bits per heavy atom. The van der Waals surface area contributed by atoms with E-state index in [4.69, 9.17) is 27.9 Å². The molecule has 1 fully saturated rings. The molecule has 2 N–H and O–H groups in total. The van der Waals surface area contributed by atoms with Crippen molar-refractivity contribution in [2.45, 2.75) is 25.1 Å². The number of anilines is 1. The summed E-state index contributed by atoms with van der Waals surface area (Å²) >= 11 is 11.7. The number of oxime groups is 1. The Morgan fingerprint density at radius 1 is 1.35 bits per heavy atom. The van der Waals surface area contributed by atoms with E-state index in [2.05, 4.69) is 25.6 Å². The standard InChI is InChI=1S/C15H17Cl2N5O9S2.Na/c1-6(31-9(24)4-17)12-11(14(26)22(12)33(27,28)29)20-13(25)10(21-30-2)7-5-32-15(18-7)19-8(23)3-16;/h5-6,11-12H,3-4H2,1-2H3,(H,20,25)(H,18,19,23)(H,27,28,29);/q;+1/p-1/b21-10-;/t6?,11-,12+;/m1./s1. The van der Waals surface area contributed by atoms with Crippen molar-refractivity contribution in [2.75, 3.05) is 24.2 Å². The number of hydrogen-bond donors (Lipinski definition) is 2. The van der Waals surface area contributed by atoms with E-state index in [9.17, 15) is 32.1 Å². The van der Waals surface area contributed by atoms with E-state index < -0.39 is 63.8 Å². The molecule has 0 radical (unpaired) electrons. The molecule has 2 heterocycles. The van der Waals surface area contributed by atoms with Gasteiger partial charge in [-0.1, -0.05) is 5.16 Å². The zero-order valence-electron chi connectivity index (χ0n) is 17.8. The number of carbonyl (C=O) groups is 4. The third-order valence-electron chi connectivity index (χ3n) is 4.04. The van der Waals surface area contributed by atoms with Gasteiger partial charge in [-0.3, -0.25) is 19.2 Å². The van der Waals surface area contributed by atoms with Crippen molar-refractivity contribution in [2.24, 2.45) is 5.16 Å². The van der Waals surface area contributed by atoms with Crippen molar-refractivity contribution < 1.29 is 71.3 Å². The molecule has 1 aromatic rings. The quantitative estimate of drug-likeness (QED) is 0.0534. The minimum Gasteiger partial charge on any atom is -0.731 e. The van der Waals surface area contributed by atoms with E-state index in [1.54, 1.807) is 0 Å². The van der Waals surface area contributed by atoms with E-state index >= 15 is 0 Å². The summed E-state index contributed by atoms with van der Waals surface area (Å²) in [6.45, 7) is 1.22. The zero-order valence-corrected chi connectivity index (χ0v) is 23.0. The monoisotopic (exact) mass is 567 g/mol. The largest absolute Gasteiger partial charge is 1.00 e. The number of esters is 1. The summed E-state index contributed by atoms with van der Waals surface area (Å²) in [6, 6.07) is -3.09. The van der Waals surface area contributed by atoms with E-state index in [-0.39, 0.29) is 50.6 Å². The van der Waals surface area contributed by atoms with Crippen molar-refractivity contribution in [3.63, 3.8) is 0 Å². The molecule has 0 aliphatic carbocycles. The predicted octanol–water partition coefficient (Wildman–Crippen LogP) is -4.00. The van der Waals surface area contributed by atoms with Crippen molar-refractivity contribution in [1.82, 2.24) is 14.6 Å². The Kier molecular flexibility index (Phi) is 11.6. The molecule has 1 aliphatic heterocycles. The van der Waals surface area contributed by atoms with Crippen LogP contribution in [0.5, 0.6) is 0 Å². The number of carbonyl (C=O) groups excluding carboxylic acids is 4. The van der Waals surface area contributed by atoms with Gasteiger partial charge in [0, 0.05) is 5.38 Å². The summed E-state index contributed by atoms with van der Waals surface area (Å²) in [6.07, 6.45) is -1.32. The third-order valence-corrected chi connectivity index (χ3v) is 6.17. The summed E-state index contributed by atoms with van der Waals surface area (Å²) in [7, 11) is -4.14. The number of halogens is 2. The first-order valence-corrected chi connectivity index (χ1v) is 12.0. The minimum absolute atomic E-state index is 0. The third kappa shape index (κ3) is 7.24. The SMILES string of the molecule is CO/N=C(\C(=O)N[C@H]1C(=O)N(S(=O)(=O)[O-])[C@H]1C(C)OC(=O)CCl)c1csc(NC(=O)CCl)n1.[Na+]. The molecule has 0 aromatic carbocycles. The van der Waals surface area contributed by atoms with Gasteiger partial charge in [-0.2, -0.15) is 0 Å². The van der Waals surface area contributed by atoms with Crippen LogP contribution in [-0.4, -0.2) is 88.7 Å². The molecule has 14 nitrogen and oxygen atoms in total. The molecule has 0 spiro atoms. The first kappa shape index (κ1) is 30.5. The first-order valence-electron chi connectivity index (χ1n) is 8.72. The van der Waals surface area contributed by atoms with Gasteiger partial charge in [0.2, 0.25) is 5.91 Å². The molecule has 3 atom stereocenters. The summed E-state index contributed by atoms with van der Waals surface area (Å²) in [5, 5.41) is 9.58. The van der Waals surface area contributed by atoms with Gasteiger partial charge in [-0.25, -0.2) is 17.7 Å². The van der Waals surface area contributed by atoms with Gasteiger partial charge >= 0.3 is 35.5 Å². The Bertz CT molecular complexity index is 1080. The number of rotatable bonds is 10. The van der Waals surface area contributed by atoms with Crippen LogP contribution in [0.25, 0.3) is 0 Å². The second-order valence-electron chi connectivity index (χ2n) is 6.20. The van der Waals surface area contributed by atoms with Crippen molar-refractivity contribution in [3.8, 4) is 0 Å². The molecule has 0 bridgehead atoms. The molecule has 0 saturated carbocycles. The van der Waals surface area contributed by atoms with Crippen LogP contribution in [0.3, 0.4) is 0 Å². The van der Waals surface area contributed by atoms with E-state index in [0.29, 0.717) is 0 Å². The number of nitrogens with one attached hydrogen (secondary N) is 2. The number of β-lactam (4-membered cyclic amide) rings is 1. The molecule has 182 valence electrons. The molecular formula is C15H16Cl2N5NaO9S2. The second-order valence-corrected chi connectivity index (χ2v) is 8.85. The average molecular weight is 568 g/mol. The summed E-state index contributed by atoms with van der Waals surface area (Å²) in [5.41, 5.74) is -0.483. The Morgan fingerprint density at radius 3 is 2.53 bits per heavy atom. The van der Waals surface area contributed by atoms with Crippen molar-refractivity contribution in [3.05, 3.63) is 11.1 Å². The molecule has 1 saturated heterocycles. The van der Waals surface area contributed by atoms with E-state index in [0.717, 1.165) is 18.4 Å². The van der Waals surface area contributed by atoms with Gasteiger partial charge in [0.05, 0.1) is 0 Å². The van der Waals surface area contributed by atoms with Crippen LogP contribution in [0.2, 0.25) is 0 Å². The van der Waals surface area contributed by atoms with Crippen molar-refractivity contribution in [1.29, 1.82) is 0 Å². The fraction of sp³-hybridized carbons (Fsp3) is 0.467. The number of alkyl halides is 2. The maximum atomic E-state index is 12.8. The van der Waals surface area contributed by atoms with Gasteiger partial charge < -0.3 is 24.8 Å². The first-order chi connectivity index (χ1) is 15.4. The van der Waals surface area contributed by atoms with Crippen LogP contribution in [0.4, 0.5) is 5.13 Å². The van der Waals surface area contributed by atoms with Gasteiger partial charge in [-0.05, 0) is 6.92 Å². The van der Waals surface area contributed by atoms with E-state index in [1.807, 2.05) is 0 Å². The van der Waals surface area contributed by atoms with Crippen LogP contribution >= 0.6 is 34.5 Å². The predicted molar refractivity (Wildman–Crippen MR) is 114 cm³/mol. The van der Waals surface area contributed by atoms with Crippen LogP contribution in [0.15, 0.2) is 10.5 Å². The number of aromatic nitrogens is 1. The van der Waals surface area contributed by atoms with Crippen molar-refractivity contribution >= 4 is 79.4 Å². The second kappa shape index (κ2) is 13.0. The van der Waals surface area contributed by atoms with Gasteiger partial charge in [0.1, 0.15) is 42.8 Å². The fourth-order valence-electron chi connectivity index (χ4n) is 2.76. The maximum absolute atomic E-state index is 12.8. The summed E-state index contributed by atoms with van der Waals surface area (Å²) < 4.78 is 39.3. The Labute approximate surface area is 229 Å². The molecule has 1 aliphatic rings. The number of nitrogens with zero attached hydrogens (tertiary/aromatic N) is 3. The molecule has 1 aromatic heterocycles. The zero-order chi connectivity index (χ0) is 24.9. The normalized spacial score (nSPS) is 18.8. The number of hydrogen-bond acceptors (Lipinski definition) is 12. The minimum atomic E-state index is -5.27. The topological polar surface area (TPSA) is 196 Å². The molecule has 34 heavy (non-hydrogen) atoms. The molecule has 1 unspecified atom stereocenters. The van der Waals surface area contributed by atoms with Crippen LogP contribution < -0.4 is 40.2 Å². The van der Waals surface area contributed by atoms with Crippen LogP contribution in [0, 0.1) is 0 Å². The maximum Gasteiger partial charge on any atom is 1.00 e. The van der Waals surface area contributed by atoms with Gasteiger partial charge in [0.25, 0.3) is 11.8 Å². The van der Waals surface area contributed by atoms with E-state index in [1.165, 1.54) is 12.3 Å². The smallest absolute Gasteiger partial charge is 0.731 e. The molecular weight excluding hydrogens is 552 g/mol. The summed E-state index contributed by atoms with van der Waals surface area (Å²) in [5.74, 6) is -4.65. The number of thiazole rings is 1. The molecule has 19 heteroatoms. The molecule has 2 rings (SSSR count). The summed E-state index contributed by atoms with van der Waals surface area (Å²) in [4.78, 5) is 56.6.